The highest BCUT2D eigenvalue weighted by atomic mass is 15.2. The van der Waals surface area contributed by atoms with Gasteiger partial charge in [0.2, 0.25) is 0 Å². The molecule has 1 nitrogen and oxygen atoms in total. The third kappa shape index (κ3) is 1.79. The summed E-state index contributed by atoms with van der Waals surface area (Å²) in [7, 11) is 0. The van der Waals surface area contributed by atoms with Crippen molar-refractivity contribution in [3.05, 3.63) is 25.3 Å². The second kappa shape index (κ2) is 4.61. The van der Waals surface area contributed by atoms with E-state index < -0.39 is 0 Å². The van der Waals surface area contributed by atoms with Gasteiger partial charge in [-0.3, -0.25) is 4.90 Å². The first-order valence-corrected chi connectivity index (χ1v) is 7.31. The monoisotopic (exact) mass is 231 g/mol. The maximum atomic E-state index is 3.91. The molecule has 1 heteroatoms. The van der Waals surface area contributed by atoms with Crippen LogP contribution in [0.25, 0.3) is 0 Å². The van der Waals surface area contributed by atoms with Crippen LogP contribution in [0.2, 0.25) is 0 Å². The van der Waals surface area contributed by atoms with Gasteiger partial charge >= 0.3 is 0 Å². The van der Waals surface area contributed by atoms with E-state index in [-0.39, 0.29) is 0 Å². The fraction of sp³-hybridized carbons (Fsp3) is 0.750. The van der Waals surface area contributed by atoms with Gasteiger partial charge in [0.25, 0.3) is 0 Å². The molecule has 2 bridgehead atoms. The molecular formula is C16H25N. The van der Waals surface area contributed by atoms with Crippen LogP contribution in [0.1, 0.15) is 32.1 Å². The summed E-state index contributed by atoms with van der Waals surface area (Å²) in [5.41, 5.74) is 0. The van der Waals surface area contributed by atoms with Crippen LogP contribution in [-0.4, -0.2) is 24.0 Å². The van der Waals surface area contributed by atoms with Gasteiger partial charge in [0.15, 0.2) is 0 Å². The van der Waals surface area contributed by atoms with Crippen molar-refractivity contribution in [3.8, 4) is 0 Å². The van der Waals surface area contributed by atoms with E-state index in [2.05, 4.69) is 30.2 Å². The molecule has 3 saturated carbocycles. The molecule has 0 heterocycles. The lowest BCUT2D eigenvalue weighted by Crippen LogP contribution is -2.43. The molecular weight excluding hydrogens is 206 g/mol. The Morgan fingerprint density at radius 2 is 1.65 bits per heavy atom. The summed E-state index contributed by atoms with van der Waals surface area (Å²) < 4.78 is 0. The summed E-state index contributed by atoms with van der Waals surface area (Å²) in [5.74, 6) is 4.21. The van der Waals surface area contributed by atoms with E-state index in [4.69, 9.17) is 0 Å². The van der Waals surface area contributed by atoms with Crippen LogP contribution in [0.5, 0.6) is 0 Å². The van der Waals surface area contributed by atoms with E-state index in [9.17, 15) is 0 Å². The zero-order valence-electron chi connectivity index (χ0n) is 10.9. The molecule has 0 spiro atoms. The first kappa shape index (κ1) is 11.5. The molecule has 0 N–H and O–H groups in total. The molecule has 5 unspecified atom stereocenters. The predicted octanol–water partition coefficient (Wildman–Crippen LogP) is 3.49. The summed E-state index contributed by atoms with van der Waals surface area (Å²) in [4.78, 5) is 2.61. The zero-order chi connectivity index (χ0) is 11.8. The predicted molar refractivity (Wildman–Crippen MR) is 72.8 cm³/mol. The first-order chi connectivity index (χ1) is 8.35. The van der Waals surface area contributed by atoms with Gasteiger partial charge in [0, 0.05) is 19.1 Å². The Balaban J connectivity index is 1.72. The second-order valence-electron chi connectivity index (χ2n) is 6.25. The van der Waals surface area contributed by atoms with Crippen molar-refractivity contribution in [1.29, 1.82) is 0 Å². The van der Waals surface area contributed by atoms with Gasteiger partial charge in [-0.2, -0.15) is 0 Å². The molecule has 0 aromatic carbocycles. The van der Waals surface area contributed by atoms with Gasteiger partial charge in [0.1, 0.15) is 0 Å². The highest BCUT2D eigenvalue weighted by molar-refractivity contribution is 5.07. The Labute approximate surface area is 106 Å². The average molecular weight is 231 g/mol. The molecule has 3 aliphatic rings. The topological polar surface area (TPSA) is 3.24 Å². The van der Waals surface area contributed by atoms with Crippen LogP contribution in [0.3, 0.4) is 0 Å². The quantitative estimate of drug-likeness (QED) is 0.655. The molecule has 0 amide bonds. The number of nitrogens with zero attached hydrogens (tertiary/aromatic N) is 1. The highest BCUT2D eigenvalue weighted by Crippen LogP contribution is 2.59. The summed E-state index contributed by atoms with van der Waals surface area (Å²) >= 11 is 0. The van der Waals surface area contributed by atoms with Crippen LogP contribution in [-0.2, 0) is 0 Å². The lowest BCUT2D eigenvalue weighted by molar-refractivity contribution is 0.114. The summed E-state index contributed by atoms with van der Waals surface area (Å²) in [6.07, 6.45) is 11.6. The smallest absolute Gasteiger partial charge is 0.0166 e. The largest absolute Gasteiger partial charge is 0.293 e. The number of fused-ring (bicyclic) bond motifs is 5. The van der Waals surface area contributed by atoms with Gasteiger partial charge in [-0.15, -0.1) is 13.2 Å². The summed E-state index contributed by atoms with van der Waals surface area (Å²) in [5, 5.41) is 0. The number of hydrogen-bond donors (Lipinski definition) is 0. The first-order valence-electron chi connectivity index (χ1n) is 7.31. The lowest BCUT2D eigenvalue weighted by Gasteiger charge is -2.38. The molecule has 3 rings (SSSR count). The van der Waals surface area contributed by atoms with Crippen molar-refractivity contribution in [2.45, 2.75) is 38.1 Å². The van der Waals surface area contributed by atoms with Crippen molar-refractivity contribution in [3.63, 3.8) is 0 Å². The molecule has 5 atom stereocenters. The van der Waals surface area contributed by atoms with Crippen LogP contribution in [0, 0.1) is 23.7 Å². The van der Waals surface area contributed by atoms with Crippen LogP contribution in [0.4, 0.5) is 0 Å². The molecule has 0 aliphatic heterocycles. The van der Waals surface area contributed by atoms with Crippen molar-refractivity contribution in [1.82, 2.24) is 4.90 Å². The molecule has 94 valence electrons. The normalized spacial score (nSPS) is 43.0. The van der Waals surface area contributed by atoms with Crippen molar-refractivity contribution in [2.24, 2.45) is 23.7 Å². The van der Waals surface area contributed by atoms with E-state index in [0.717, 1.165) is 42.8 Å². The fourth-order valence-corrected chi connectivity index (χ4v) is 5.13. The molecule has 0 radical (unpaired) electrons. The standard InChI is InChI=1S/C16H25N/c1-3-8-17(9-4-2)16-11-12-10-15(16)14-7-5-6-13(12)14/h3-4,12-16H,1-2,5-11H2. The van der Waals surface area contributed by atoms with Gasteiger partial charge in [0.05, 0.1) is 0 Å². The van der Waals surface area contributed by atoms with Crippen LogP contribution < -0.4 is 0 Å². The molecule has 0 aromatic heterocycles. The van der Waals surface area contributed by atoms with E-state index in [1.807, 2.05) is 0 Å². The van der Waals surface area contributed by atoms with Gasteiger partial charge in [-0.1, -0.05) is 18.6 Å². The second-order valence-corrected chi connectivity index (χ2v) is 6.25. The Kier molecular flexibility index (Phi) is 3.12. The SMILES string of the molecule is C=CCN(CC=C)C1CC2CC1C1CCCC21. The van der Waals surface area contributed by atoms with Crippen molar-refractivity contribution < 1.29 is 0 Å². The third-order valence-electron chi connectivity index (χ3n) is 5.59. The molecule has 0 saturated heterocycles. The number of hydrogen-bond acceptors (Lipinski definition) is 1. The Morgan fingerprint density at radius 3 is 2.35 bits per heavy atom. The summed E-state index contributed by atoms with van der Waals surface area (Å²) in [6, 6.07) is 0.829. The van der Waals surface area contributed by atoms with Gasteiger partial charge in [-0.05, 0) is 49.4 Å². The maximum Gasteiger partial charge on any atom is 0.0166 e. The fourth-order valence-electron chi connectivity index (χ4n) is 5.13. The number of rotatable bonds is 5. The average Bonchev–Trinajstić information content (AvgIpc) is 3.00. The Morgan fingerprint density at radius 1 is 0.941 bits per heavy atom. The van der Waals surface area contributed by atoms with E-state index in [1.165, 1.54) is 32.1 Å². The van der Waals surface area contributed by atoms with Gasteiger partial charge in [-0.25, -0.2) is 0 Å². The summed E-state index contributed by atoms with van der Waals surface area (Å²) in [6.45, 7) is 9.89. The van der Waals surface area contributed by atoms with Crippen LogP contribution in [0.15, 0.2) is 25.3 Å². The Hall–Kier alpha value is -0.560. The van der Waals surface area contributed by atoms with E-state index >= 15 is 0 Å². The minimum atomic E-state index is 0.829. The minimum Gasteiger partial charge on any atom is -0.293 e. The zero-order valence-corrected chi connectivity index (χ0v) is 10.9. The van der Waals surface area contributed by atoms with Crippen LogP contribution >= 0.6 is 0 Å². The van der Waals surface area contributed by atoms with E-state index in [1.54, 1.807) is 0 Å². The third-order valence-corrected chi connectivity index (χ3v) is 5.59. The lowest BCUT2D eigenvalue weighted by atomic mass is 9.78. The Bertz CT molecular complexity index is 299. The highest BCUT2D eigenvalue weighted by Gasteiger charge is 2.54. The van der Waals surface area contributed by atoms with Gasteiger partial charge < -0.3 is 0 Å². The molecule has 3 fully saturated rings. The van der Waals surface area contributed by atoms with E-state index in [0.29, 0.717) is 0 Å². The maximum absolute atomic E-state index is 3.91. The minimum absolute atomic E-state index is 0.829. The molecule has 3 aliphatic carbocycles. The van der Waals surface area contributed by atoms with Crippen molar-refractivity contribution in [2.75, 3.05) is 13.1 Å². The van der Waals surface area contributed by atoms with Crippen molar-refractivity contribution >= 4 is 0 Å². The molecule has 0 aromatic rings. The molecule has 17 heavy (non-hydrogen) atoms.